The van der Waals surface area contributed by atoms with Gasteiger partial charge in [0, 0.05) is 13.2 Å². The monoisotopic (exact) mass is 227 g/mol. The highest BCUT2D eigenvalue weighted by molar-refractivity contribution is 4.87. The first-order valence-electron chi connectivity index (χ1n) is 6.92. The van der Waals surface area contributed by atoms with E-state index in [1.807, 2.05) is 0 Å². The van der Waals surface area contributed by atoms with E-state index in [1.165, 1.54) is 25.7 Å². The first kappa shape index (κ1) is 14.0. The number of ether oxygens (including phenoxy) is 1. The maximum absolute atomic E-state index is 6.12. The van der Waals surface area contributed by atoms with Crippen molar-refractivity contribution >= 4 is 0 Å². The van der Waals surface area contributed by atoms with Gasteiger partial charge in [-0.05, 0) is 37.5 Å². The number of hydrogen-bond acceptors (Lipinski definition) is 2. The van der Waals surface area contributed by atoms with Crippen molar-refractivity contribution in [2.45, 2.75) is 64.9 Å². The Labute approximate surface area is 101 Å². The molecule has 96 valence electrons. The third-order valence-corrected chi connectivity index (χ3v) is 3.76. The Morgan fingerprint density at radius 2 is 2.19 bits per heavy atom. The number of hydrogen-bond donors (Lipinski definition) is 1. The van der Waals surface area contributed by atoms with Crippen molar-refractivity contribution in [2.24, 2.45) is 17.6 Å². The fourth-order valence-electron chi connectivity index (χ4n) is 2.77. The summed E-state index contributed by atoms with van der Waals surface area (Å²) in [5.41, 5.74) is 5.93. The lowest BCUT2D eigenvalue weighted by Gasteiger charge is -2.39. The van der Waals surface area contributed by atoms with Crippen LogP contribution in [0.4, 0.5) is 0 Å². The summed E-state index contributed by atoms with van der Waals surface area (Å²) in [5.74, 6) is 1.56. The zero-order chi connectivity index (χ0) is 12.0. The van der Waals surface area contributed by atoms with Crippen molar-refractivity contribution in [3.8, 4) is 0 Å². The van der Waals surface area contributed by atoms with Crippen LogP contribution in [0.15, 0.2) is 0 Å². The summed E-state index contributed by atoms with van der Waals surface area (Å²) < 4.78 is 6.12. The fraction of sp³-hybridized carbons (Fsp3) is 1.00. The van der Waals surface area contributed by atoms with E-state index in [9.17, 15) is 0 Å². The van der Waals surface area contributed by atoms with Crippen LogP contribution in [0.1, 0.15) is 59.3 Å². The molecule has 1 aliphatic carbocycles. The van der Waals surface area contributed by atoms with E-state index in [1.54, 1.807) is 0 Å². The van der Waals surface area contributed by atoms with Gasteiger partial charge in [0.15, 0.2) is 0 Å². The highest BCUT2D eigenvalue weighted by Gasteiger charge is 2.34. The van der Waals surface area contributed by atoms with E-state index in [2.05, 4.69) is 20.8 Å². The molecule has 2 atom stereocenters. The van der Waals surface area contributed by atoms with Gasteiger partial charge in [-0.1, -0.05) is 33.6 Å². The van der Waals surface area contributed by atoms with E-state index >= 15 is 0 Å². The van der Waals surface area contributed by atoms with E-state index in [0.29, 0.717) is 6.54 Å². The van der Waals surface area contributed by atoms with Crippen molar-refractivity contribution in [2.75, 3.05) is 13.2 Å². The van der Waals surface area contributed by atoms with Gasteiger partial charge in [0.2, 0.25) is 0 Å². The minimum absolute atomic E-state index is 0.00858. The molecule has 0 bridgehead atoms. The molecule has 1 fully saturated rings. The second kappa shape index (κ2) is 6.61. The Bertz CT molecular complexity index is 193. The molecule has 1 aliphatic rings. The Kier molecular flexibility index (Phi) is 5.77. The fourth-order valence-corrected chi connectivity index (χ4v) is 2.77. The molecule has 2 nitrogen and oxygen atoms in total. The molecule has 0 saturated heterocycles. The summed E-state index contributed by atoms with van der Waals surface area (Å²) in [6.07, 6.45) is 7.38. The Hall–Kier alpha value is -0.0800. The van der Waals surface area contributed by atoms with Gasteiger partial charge in [-0.2, -0.15) is 0 Å². The summed E-state index contributed by atoms with van der Waals surface area (Å²) in [4.78, 5) is 0. The first-order chi connectivity index (χ1) is 7.58. The Balaban J connectivity index is 2.29. The largest absolute Gasteiger partial charge is 0.374 e. The van der Waals surface area contributed by atoms with Crippen LogP contribution in [-0.4, -0.2) is 18.8 Å². The van der Waals surface area contributed by atoms with Gasteiger partial charge in [-0.25, -0.2) is 0 Å². The molecule has 1 saturated carbocycles. The predicted octanol–water partition coefficient (Wildman–Crippen LogP) is 3.35. The molecule has 0 spiro atoms. The summed E-state index contributed by atoms with van der Waals surface area (Å²) >= 11 is 0. The lowest BCUT2D eigenvalue weighted by Crippen LogP contribution is -2.44. The molecular weight excluding hydrogens is 198 g/mol. The smallest absolute Gasteiger partial charge is 0.0806 e. The van der Waals surface area contributed by atoms with Crippen LogP contribution in [0.25, 0.3) is 0 Å². The molecule has 0 radical (unpaired) electrons. The molecule has 0 aromatic rings. The van der Waals surface area contributed by atoms with E-state index in [-0.39, 0.29) is 5.60 Å². The molecule has 0 aromatic carbocycles. The quantitative estimate of drug-likeness (QED) is 0.706. The average Bonchev–Trinajstić information content (AvgIpc) is 2.24. The van der Waals surface area contributed by atoms with Crippen LogP contribution in [0.3, 0.4) is 0 Å². The van der Waals surface area contributed by atoms with Crippen molar-refractivity contribution in [3.05, 3.63) is 0 Å². The number of nitrogens with two attached hydrogens (primary N) is 1. The van der Waals surface area contributed by atoms with Crippen LogP contribution >= 0.6 is 0 Å². The van der Waals surface area contributed by atoms with Crippen LogP contribution in [0.5, 0.6) is 0 Å². The second-order valence-electron chi connectivity index (χ2n) is 5.97. The van der Waals surface area contributed by atoms with E-state index < -0.39 is 0 Å². The van der Waals surface area contributed by atoms with Crippen LogP contribution in [0, 0.1) is 11.8 Å². The third-order valence-electron chi connectivity index (χ3n) is 3.76. The summed E-state index contributed by atoms with van der Waals surface area (Å²) in [6.45, 7) is 8.44. The lowest BCUT2D eigenvalue weighted by atomic mass is 9.79. The van der Waals surface area contributed by atoms with Crippen LogP contribution in [-0.2, 0) is 4.74 Å². The molecule has 0 amide bonds. The predicted molar refractivity (Wildman–Crippen MR) is 69.4 cm³/mol. The zero-order valence-corrected chi connectivity index (χ0v) is 11.3. The molecule has 0 aliphatic heterocycles. The molecular formula is C14H29NO. The minimum Gasteiger partial charge on any atom is -0.374 e. The van der Waals surface area contributed by atoms with Gasteiger partial charge in [-0.3, -0.25) is 0 Å². The van der Waals surface area contributed by atoms with Gasteiger partial charge < -0.3 is 10.5 Å². The van der Waals surface area contributed by atoms with Crippen molar-refractivity contribution < 1.29 is 4.74 Å². The van der Waals surface area contributed by atoms with Crippen LogP contribution < -0.4 is 5.73 Å². The molecule has 0 heterocycles. The zero-order valence-electron chi connectivity index (χ0n) is 11.3. The van der Waals surface area contributed by atoms with Crippen molar-refractivity contribution in [3.63, 3.8) is 0 Å². The van der Waals surface area contributed by atoms with Crippen molar-refractivity contribution in [1.82, 2.24) is 0 Å². The van der Waals surface area contributed by atoms with Crippen LogP contribution in [0.2, 0.25) is 0 Å². The van der Waals surface area contributed by atoms with Gasteiger partial charge in [-0.15, -0.1) is 0 Å². The minimum atomic E-state index is 0.00858. The molecule has 1 rings (SSSR count). The maximum atomic E-state index is 6.12. The molecule has 0 aromatic heterocycles. The Morgan fingerprint density at radius 1 is 1.44 bits per heavy atom. The van der Waals surface area contributed by atoms with Crippen molar-refractivity contribution in [1.29, 1.82) is 0 Å². The van der Waals surface area contributed by atoms with Gasteiger partial charge >= 0.3 is 0 Å². The molecule has 2 heteroatoms. The Morgan fingerprint density at radius 3 is 2.75 bits per heavy atom. The highest BCUT2D eigenvalue weighted by atomic mass is 16.5. The summed E-state index contributed by atoms with van der Waals surface area (Å²) in [7, 11) is 0. The van der Waals surface area contributed by atoms with Gasteiger partial charge in [0.05, 0.1) is 5.60 Å². The van der Waals surface area contributed by atoms with E-state index in [4.69, 9.17) is 10.5 Å². The SMILES string of the molecule is CC(C)CCCOC1(CN)CCCC(C)C1. The topological polar surface area (TPSA) is 35.2 Å². The molecule has 16 heavy (non-hydrogen) atoms. The lowest BCUT2D eigenvalue weighted by molar-refractivity contribution is -0.0758. The maximum Gasteiger partial charge on any atom is 0.0806 e. The highest BCUT2D eigenvalue weighted by Crippen LogP contribution is 2.34. The normalized spacial score (nSPS) is 30.9. The second-order valence-corrected chi connectivity index (χ2v) is 5.97. The molecule has 2 N–H and O–H groups in total. The summed E-state index contributed by atoms with van der Waals surface area (Å²) in [6, 6.07) is 0. The van der Waals surface area contributed by atoms with Gasteiger partial charge in [0.1, 0.15) is 0 Å². The summed E-state index contributed by atoms with van der Waals surface area (Å²) in [5, 5.41) is 0. The third kappa shape index (κ3) is 4.42. The standard InChI is InChI=1S/C14H29NO/c1-12(2)6-5-9-16-14(11-15)8-4-7-13(3)10-14/h12-13H,4-11,15H2,1-3H3. The average molecular weight is 227 g/mol. The molecule has 2 unspecified atom stereocenters. The van der Waals surface area contributed by atoms with E-state index in [0.717, 1.165) is 31.3 Å². The van der Waals surface area contributed by atoms with Gasteiger partial charge in [0.25, 0.3) is 0 Å². The number of rotatable bonds is 6. The first-order valence-corrected chi connectivity index (χ1v) is 6.92.